The molecule has 0 bridgehead atoms. The number of hydrogen-bond acceptors (Lipinski definition) is 5. The fraction of sp³-hybridized carbons (Fsp3) is 0.348. The monoisotopic (exact) mass is 409 g/mol. The lowest BCUT2D eigenvalue weighted by Gasteiger charge is -2.22. The minimum Gasteiger partial charge on any atom is -0.494 e. The van der Waals surface area contributed by atoms with Gasteiger partial charge in [-0.25, -0.2) is 4.39 Å². The van der Waals surface area contributed by atoms with E-state index in [0.717, 1.165) is 31.4 Å². The lowest BCUT2D eigenvalue weighted by atomic mass is 10.1. The van der Waals surface area contributed by atoms with E-state index in [4.69, 9.17) is 9.26 Å². The lowest BCUT2D eigenvalue weighted by Crippen LogP contribution is -2.30. The Labute approximate surface area is 174 Å². The second kappa shape index (κ2) is 9.07. The van der Waals surface area contributed by atoms with Crippen LogP contribution in [0, 0.1) is 5.82 Å². The fourth-order valence-corrected chi connectivity index (χ4v) is 3.55. The molecule has 0 aliphatic carbocycles. The molecule has 1 aliphatic heterocycles. The van der Waals surface area contributed by atoms with Gasteiger partial charge in [-0.3, -0.25) is 4.79 Å². The molecule has 0 unspecified atom stereocenters. The number of likely N-dealkylation sites (tertiary alicyclic amines) is 1. The van der Waals surface area contributed by atoms with Crippen molar-refractivity contribution in [1.82, 2.24) is 15.0 Å². The molecule has 0 radical (unpaired) electrons. The van der Waals surface area contributed by atoms with Crippen LogP contribution in [0.4, 0.5) is 4.39 Å². The molecular weight excluding hydrogens is 385 g/mol. The van der Waals surface area contributed by atoms with Crippen molar-refractivity contribution < 1.29 is 18.4 Å². The number of rotatable bonds is 7. The Morgan fingerprint density at radius 3 is 2.70 bits per heavy atom. The van der Waals surface area contributed by atoms with E-state index in [-0.39, 0.29) is 17.8 Å². The minimum absolute atomic E-state index is 0.0702. The number of hydrogen-bond donors (Lipinski definition) is 0. The van der Waals surface area contributed by atoms with E-state index in [1.807, 2.05) is 12.1 Å². The minimum atomic E-state index is -0.322. The predicted molar refractivity (Wildman–Crippen MR) is 110 cm³/mol. The average Bonchev–Trinajstić information content (AvgIpc) is 3.44. The first-order valence-corrected chi connectivity index (χ1v) is 10.3. The molecule has 4 rings (SSSR count). The molecule has 1 aliphatic rings. The Morgan fingerprint density at radius 2 is 1.97 bits per heavy atom. The van der Waals surface area contributed by atoms with Crippen LogP contribution in [0.5, 0.6) is 5.75 Å². The Bertz CT molecular complexity index is 986. The van der Waals surface area contributed by atoms with Crippen molar-refractivity contribution in [3.05, 3.63) is 65.8 Å². The second-order valence-electron chi connectivity index (χ2n) is 7.35. The Balaban J connectivity index is 1.47. The number of nitrogens with zero attached hydrogens (tertiary/aromatic N) is 3. The molecule has 1 amide bonds. The molecule has 0 N–H and O–H groups in total. The van der Waals surface area contributed by atoms with Gasteiger partial charge < -0.3 is 14.2 Å². The summed E-state index contributed by atoms with van der Waals surface area (Å²) in [6.45, 7) is 3.42. The molecule has 1 aromatic heterocycles. The summed E-state index contributed by atoms with van der Waals surface area (Å²) < 4.78 is 24.3. The van der Waals surface area contributed by atoms with Crippen LogP contribution in [0.2, 0.25) is 0 Å². The van der Waals surface area contributed by atoms with Gasteiger partial charge in [-0.2, -0.15) is 4.98 Å². The highest BCUT2D eigenvalue weighted by molar-refractivity contribution is 5.94. The Hall–Kier alpha value is -3.22. The van der Waals surface area contributed by atoms with Crippen molar-refractivity contribution in [2.45, 2.75) is 38.6 Å². The molecule has 1 fully saturated rings. The van der Waals surface area contributed by atoms with Gasteiger partial charge in [0.05, 0.1) is 6.61 Å². The number of carbonyl (C=O) groups excluding carboxylic acids is 1. The summed E-state index contributed by atoms with van der Waals surface area (Å²) in [6.07, 6.45) is 3.70. The van der Waals surface area contributed by atoms with Gasteiger partial charge in [-0.1, -0.05) is 18.5 Å². The van der Waals surface area contributed by atoms with Crippen LogP contribution in [-0.2, 0) is 0 Å². The number of ether oxygens (including phenoxy) is 1. The van der Waals surface area contributed by atoms with Gasteiger partial charge in [0.1, 0.15) is 17.6 Å². The van der Waals surface area contributed by atoms with Crippen molar-refractivity contribution in [3.63, 3.8) is 0 Å². The van der Waals surface area contributed by atoms with Gasteiger partial charge >= 0.3 is 0 Å². The van der Waals surface area contributed by atoms with Gasteiger partial charge in [0.25, 0.3) is 5.91 Å². The maximum Gasteiger partial charge on any atom is 0.254 e. The van der Waals surface area contributed by atoms with Crippen LogP contribution in [-0.4, -0.2) is 34.1 Å². The van der Waals surface area contributed by atoms with E-state index in [9.17, 15) is 9.18 Å². The summed E-state index contributed by atoms with van der Waals surface area (Å²) in [7, 11) is 0. The largest absolute Gasteiger partial charge is 0.494 e. The highest BCUT2D eigenvalue weighted by atomic mass is 19.1. The van der Waals surface area contributed by atoms with Gasteiger partial charge in [-0.15, -0.1) is 0 Å². The highest BCUT2D eigenvalue weighted by Crippen LogP contribution is 2.33. The van der Waals surface area contributed by atoms with Gasteiger partial charge in [0.15, 0.2) is 0 Å². The van der Waals surface area contributed by atoms with Crippen LogP contribution in [0.15, 0.2) is 53.1 Å². The zero-order valence-corrected chi connectivity index (χ0v) is 16.9. The summed E-state index contributed by atoms with van der Waals surface area (Å²) in [5.74, 6) is 1.16. The molecule has 6 nitrogen and oxygen atoms in total. The summed E-state index contributed by atoms with van der Waals surface area (Å²) in [5.41, 5.74) is 1.27. The molecule has 7 heteroatoms. The molecule has 0 saturated carbocycles. The van der Waals surface area contributed by atoms with Crippen LogP contribution in [0.1, 0.15) is 54.9 Å². The first-order chi connectivity index (χ1) is 14.7. The number of aromatic nitrogens is 2. The first kappa shape index (κ1) is 20.1. The van der Waals surface area contributed by atoms with Crippen LogP contribution < -0.4 is 4.74 Å². The highest BCUT2D eigenvalue weighted by Gasteiger charge is 2.34. The van der Waals surface area contributed by atoms with Crippen molar-refractivity contribution >= 4 is 5.91 Å². The fourth-order valence-electron chi connectivity index (χ4n) is 3.55. The van der Waals surface area contributed by atoms with Crippen molar-refractivity contribution in [3.8, 4) is 17.1 Å². The second-order valence-corrected chi connectivity index (χ2v) is 7.35. The number of halogens is 1. The molecule has 0 spiro atoms. The normalized spacial score (nSPS) is 16.1. The van der Waals surface area contributed by atoms with E-state index in [2.05, 4.69) is 17.1 Å². The van der Waals surface area contributed by atoms with E-state index in [0.29, 0.717) is 36.0 Å². The number of amides is 1. The quantitative estimate of drug-likeness (QED) is 0.512. The van der Waals surface area contributed by atoms with Crippen LogP contribution >= 0.6 is 0 Å². The van der Waals surface area contributed by atoms with Crippen molar-refractivity contribution in [1.29, 1.82) is 0 Å². The lowest BCUT2D eigenvalue weighted by molar-refractivity contribution is 0.0710. The standard InChI is InChI=1S/C23H24FN3O3/c1-2-3-15-29-19-12-8-17(9-13-19)23(28)27-14-4-5-20(27)22-25-21(26-30-22)16-6-10-18(24)11-7-16/h6-13,20H,2-5,14-15H2,1H3/t20-/m1/s1. The van der Waals surface area contributed by atoms with Gasteiger partial charge in [0, 0.05) is 17.7 Å². The summed E-state index contributed by atoms with van der Waals surface area (Å²) >= 11 is 0. The summed E-state index contributed by atoms with van der Waals surface area (Å²) in [5, 5.41) is 4.01. The molecule has 2 aromatic carbocycles. The Morgan fingerprint density at radius 1 is 1.20 bits per heavy atom. The third kappa shape index (κ3) is 4.35. The number of benzene rings is 2. The third-order valence-corrected chi connectivity index (χ3v) is 5.21. The average molecular weight is 409 g/mol. The molecule has 1 saturated heterocycles. The molecule has 156 valence electrons. The Kier molecular flexibility index (Phi) is 6.07. The van der Waals surface area contributed by atoms with Gasteiger partial charge in [-0.05, 0) is 67.8 Å². The van der Waals surface area contributed by atoms with Crippen molar-refractivity contribution in [2.75, 3.05) is 13.2 Å². The maximum absolute atomic E-state index is 13.1. The summed E-state index contributed by atoms with van der Waals surface area (Å²) in [4.78, 5) is 19.3. The topological polar surface area (TPSA) is 68.5 Å². The smallest absolute Gasteiger partial charge is 0.254 e. The van der Waals surface area contributed by atoms with Crippen LogP contribution in [0.3, 0.4) is 0 Å². The van der Waals surface area contributed by atoms with E-state index in [1.165, 1.54) is 12.1 Å². The van der Waals surface area contributed by atoms with Crippen molar-refractivity contribution in [2.24, 2.45) is 0 Å². The molecule has 3 aromatic rings. The molecule has 1 atom stereocenters. The zero-order valence-electron chi connectivity index (χ0n) is 16.9. The van der Waals surface area contributed by atoms with Gasteiger partial charge in [0.2, 0.25) is 11.7 Å². The van der Waals surface area contributed by atoms with Crippen LogP contribution in [0.25, 0.3) is 11.4 Å². The van der Waals surface area contributed by atoms with E-state index < -0.39 is 0 Å². The SMILES string of the molecule is CCCCOc1ccc(C(=O)N2CCC[C@@H]2c2nc(-c3ccc(F)cc3)no2)cc1. The molecular formula is C23H24FN3O3. The third-order valence-electron chi connectivity index (χ3n) is 5.21. The molecule has 2 heterocycles. The van der Waals surface area contributed by atoms with E-state index >= 15 is 0 Å². The van der Waals surface area contributed by atoms with E-state index in [1.54, 1.807) is 29.2 Å². The first-order valence-electron chi connectivity index (χ1n) is 10.3. The maximum atomic E-state index is 13.1. The number of unbranched alkanes of at least 4 members (excludes halogenated alkanes) is 1. The zero-order chi connectivity index (χ0) is 20.9. The molecule has 30 heavy (non-hydrogen) atoms. The summed E-state index contributed by atoms with van der Waals surface area (Å²) in [6, 6.07) is 12.9. The predicted octanol–water partition coefficient (Wildman–Crippen LogP) is 5.03. The number of carbonyl (C=O) groups is 1.